The summed E-state index contributed by atoms with van der Waals surface area (Å²) in [4.78, 5) is 22.9. The number of carbonyl (C=O) groups excluding carboxylic acids is 1. The van der Waals surface area contributed by atoms with Gasteiger partial charge < -0.3 is 15.5 Å². The van der Waals surface area contributed by atoms with E-state index >= 15 is 0 Å². The fraction of sp³-hybridized carbons (Fsp3) is 0.333. The summed E-state index contributed by atoms with van der Waals surface area (Å²) in [5, 5.41) is 21.3. The van der Waals surface area contributed by atoms with Gasteiger partial charge >= 0.3 is 5.97 Å². The van der Waals surface area contributed by atoms with Crippen molar-refractivity contribution < 1.29 is 19.8 Å². The minimum absolute atomic E-state index is 0.300. The maximum Gasteiger partial charge on any atom is 0.326 e. The molecule has 5 heteroatoms. The Morgan fingerprint density at radius 1 is 1.30 bits per heavy atom. The summed E-state index contributed by atoms with van der Waals surface area (Å²) in [7, 11) is 0. The molecule has 20 heavy (non-hydrogen) atoms. The van der Waals surface area contributed by atoms with Gasteiger partial charge in [0.2, 0.25) is 0 Å². The molecule has 1 aromatic rings. The Labute approximate surface area is 117 Å². The van der Waals surface area contributed by atoms with Crippen molar-refractivity contribution in [1.29, 1.82) is 0 Å². The van der Waals surface area contributed by atoms with E-state index in [1.807, 2.05) is 0 Å². The summed E-state index contributed by atoms with van der Waals surface area (Å²) < 4.78 is 0. The molecule has 0 heterocycles. The maximum absolute atomic E-state index is 11.8. The number of benzene rings is 1. The molecule has 0 fully saturated rings. The molecule has 0 saturated carbocycles. The molecule has 3 N–H and O–H groups in total. The zero-order chi connectivity index (χ0) is 15.0. The number of allylic oxidation sites excluding steroid dienone is 1. The van der Waals surface area contributed by atoms with Crippen molar-refractivity contribution in [2.45, 2.75) is 31.4 Å². The largest absolute Gasteiger partial charge is 0.480 e. The zero-order valence-electron chi connectivity index (χ0n) is 11.2. The van der Waals surface area contributed by atoms with E-state index < -0.39 is 24.0 Å². The van der Waals surface area contributed by atoms with Gasteiger partial charge in [-0.25, -0.2) is 4.79 Å². The van der Waals surface area contributed by atoms with E-state index in [0.29, 0.717) is 24.8 Å². The number of aliphatic hydroxyl groups is 1. The molecule has 0 spiro atoms. The minimum Gasteiger partial charge on any atom is -0.480 e. The molecular weight excluding hydrogens is 258 g/mol. The van der Waals surface area contributed by atoms with Crippen molar-refractivity contribution in [1.82, 2.24) is 5.32 Å². The van der Waals surface area contributed by atoms with Gasteiger partial charge in [0.15, 0.2) is 6.10 Å². The first-order chi connectivity index (χ1) is 9.56. The number of unbranched alkanes of at least 4 members (excludes halogenated alkanes) is 1. The smallest absolute Gasteiger partial charge is 0.326 e. The number of aliphatic hydroxyl groups excluding tert-OH is 1. The molecule has 1 rings (SSSR count). The normalized spacial score (nSPS) is 13.2. The molecule has 0 aliphatic carbocycles. The van der Waals surface area contributed by atoms with Gasteiger partial charge in [-0.3, -0.25) is 4.79 Å². The van der Waals surface area contributed by atoms with Crippen molar-refractivity contribution in [3.8, 4) is 0 Å². The number of carbonyl (C=O) groups is 2. The molecule has 1 amide bonds. The molecule has 2 atom stereocenters. The summed E-state index contributed by atoms with van der Waals surface area (Å²) in [6.45, 7) is 3.56. The number of hydrogen-bond donors (Lipinski definition) is 3. The molecule has 0 unspecified atom stereocenters. The zero-order valence-corrected chi connectivity index (χ0v) is 11.2. The third kappa shape index (κ3) is 4.85. The summed E-state index contributed by atoms with van der Waals surface area (Å²) in [5.74, 6) is -1.81. The lowest BCUT2D eigenvalue weighted by atomic mass is 10.1. The fourth-order valence-electron chi connectivity index (χ4n) is 1.76. The predicted octanol–water partition coefficient (Wildman–Crippen LogP) is 1.65. The standard InChI is InChI=1S/C15H19NO4/c1-2-3-5-10-12(15(19)20)16-14(18)13(17)11-8-6-4-7-9-11/h2,4,6-9,12-13,17H,1,3,5,10H2,(H,16,18)(H,19,20)/t12-,13+/m1/s1. The second kappa shape index (κ2) is 8.12. The second-order valence-corrected chi connectivity index (χ2v) is 4.43. The molecule has 5 nitrogen and oxygen atoms in total. The first-order valence-corrected chi connectivity index (χ1v) is 6.43. The van der Waals surface area contributed by atoms with Crippen LogP contribution in [0.3, 0.4) is 0 Å². The van der Waals surface area contributed by atoms with Gasteiger partial charge in [0, 0.05) is 0 Å². The average Bonchev–Trinajstić information content (AvgIpc) is 2.46. The molecule has 108 valence electrons. The lowest BCUT2D eigenvalue weighted by molar-refractivity contribution is -0.143. The Hall–Kier alpha value is -2.14. The minimum atomic E-state index is -1.36. The van der Waals surface area contributed by atoms with Crippen molar-refractivity contribution in [2.24, 2.45) is 0 Å². The first kappa shape index (κ1) is 15.9. The van der Waals surface area contributed by atoms with Crippen molar-refractivity contribution in [3.05, 3.63) is 48.6 Å². The number of carboxylic acids is 1. The van der Waals surface area contributed by atoms with E-state index in [1.165, 1.54) is 0 Å². The summed E-state index contributed by atoms with van der Waals surface area (Å²) in [5.41, 5.74) is 0.431. The number of nitrogens with one attached hydrogen (secondary N) is 1. The van der Waals surface area contributed by atoms with E-state index in [4.69, 9.17) is 5.11 Å². The number of hydrogen-bond acceptors (Lipinski definition) is 3. The highest BCUT2D eigenvalue weighted by Crippen LogP contribution is 2.13. The predicted molar refractivity (Wildman–Crippen MR) is 75.0 cm³/mol. The van der Waals surface area contributed by atoms with Crippen LogP contribution in [0, 0.1) is 0 Å². The van der Waals surface area contributed by atoms with E-state index in [1.54, 1.807) is 36.4 Å². The first-order valence-electron chi connectivity index (χ1n) is 6.43. The van der Waals surface area contributed by atoms with Gasteiger partial charge in [-0.15, -0.1) is 6.58 Å². The monoisotopic (exact) mass is 277 g/mol. The number of amides is 1. The Bertz CT molecular complexity index is 458. The van der Waals surface area contributed by atoms with Crippen LogP contribution in [-0.2, 0) is 9.59 Å². The van der Waals surface area contributed by atoms with E-state index in [-0.39, 0.29) is 0 Å². The third-order valence-corrected chi connectivity index (χ3v) is 2.88. The molecular formula is C15H19NO4. The molecule has 0 aromatic heterocycles. The highest BCUT2D eigenvalue weighted by atomic mass is 16.4. The third-order valence-electron chi connectivity index (χ3n) is 2.88. The Morgan fingerprint density at radius 3 is 2.50 bits per heavy atom. The van der Waals surface area contributed by atoms with Crippen LogP contribution in [-0.4, -0.2) is 28.1 Å². The van der Waals surface area contributed by atoms with Crippen LogP contribution in [0.15, 0.2) is 43.0 Å². The SMILES string of the molecule is C=CCCC[C@@H](NC(=O)[C@@H](O)c1ccccc1)C(=O)O. The number of rotatable bonds is 8. The lowest BCUT2D eigenvalue weighted by Gasteiger charge is -2.17. The summed E-state index contributed by atoms with van der Waals surface area (Å²) in [6, 6.07) is 7.38. The topological polar surface area (TPSA) is 86.6 Å². The lowest BCUT2D eigenvalue weighted by Crippen LogP contribution is -2.43. The molecule has 0 saturated heterocycles. The van der Waals surface area contributed by atoms with Gasteiger partial charge in [0.25, 0.3) is 5.91 Å². The fourth-order valence-corrected chi connectivity index (χ4v) is 1.76. The Balaban J connectivity index is 2.61. The molecule has 0 bridgehead atoms. The van der Waals surface area contributed by atoms with Crippen LogP contribution >= 0.6 is 0 Å². The van der Waals surface area contributed by atoms with Crippen molar-refractivity contribution >= 4 is 11.9 Å². The number of aliphatic carboxylic acids is 1. The van der Waals surface area contributed by atoms with Crippen LogP contribution in [0.5, 0.6) is 0 Å². The van der Waals surface area contributed by atoms with E-state index in [2.05, 4.69) is 11.9 Å². The van der Waals surface area contributed by atoms with Crippen LogP contribution < -0.4 is 5.32 Å². The highest BCUT2D eigenvalue weighted by Gasteiger charge is 2.24. The summed E-state index contributed by atoms with van der Waals surface area (Å²) >= 11 is 0. The molecule has 1 aromatic carbocycles. The number of carboxylic acid groups (broad SMARTS) is 1. The van der Waals surface area contributed by atoms with Crippen LogP contribution in [0.25, 0.3) is 0 Å². The molecule has 0 radical (unpaired) electrons. The highest BCUT2D eigenvalue weighted by molar-refractivity contribution is 5.86. The van der Waals surface area contributed by atoms with Gasteiger partial charge in [0.1, 0.15) is 6.04 Å². The average molecular weight is 277 g/mol. The van der Waals surface area contributed by atoms with Gasteiger partial charge in [0.05, 0.1) is 0 Å². The second-order valence-electron chi connectivity index (χ2n) is 4.43. The quantitative estimate of drug-likeness (QED) is 0.498. The van der Waals surface area contributed by atoms with Gasteiger partial charge in [-0.1, -0.05) is 36.4 Å². The molecule has 0 aliphatic rings. The van der Waals surface area contributed by atoms with Crippen molar-refractivity contribution in [3.63, 3.8) is 0 Å². The van der Waals surface area contributed by atoms with Gasteiger partial charge in [-0.05, 0) is 24.8 Å². The van der Waals surface area contributed by atoms with E-state index in [9.17, 15) is 14.7 Å². The Morgan fingerprint density at radius 2 is 1.95 bits per heavy atom. The van der Waals surface area contributed by atoms with E-state index in [0.717, 1.165) is 0 Å². The van der Waals surface area contributed by atoms with Crippen LogP contribution in [0.1, 0.15) is 30.9 Å². The Kier molecular flexibility index (Phi) is 6.46. The van der Waals surface area contributed by atoms with Crippen LogP contribution in [0.2, 0.25) is 0 Å². The van der Waals surface area contributed by atoms with Crippen LogP contribution in [0.4, 0.5) is 0 Å². The van der Waals surface area contributed by atoms with Crippen molar-refractivity contribution in [2.75, 3.05) is 0 Å². The maximum atomic E-state index is 11.8. The van der Waals surface area contributed by atoms with Gasteiger partial charge in [-0.2, -0.15) is 0 Å². The summed E-state index contributed by atoms with van der Waals surface area (Å²) in [6.07, 6.45) is 1.93. The molecule has 0 aliphatic heterocycles.